The van der Waals surface area contributed by atoms with E-state index in [0.29, 0.717) is 17.1 Å². The third-order valence-electron chi connectivity index (χ3n) is 5.13. The SMILES string of the molecule is CC1=Nc2cc(C(=O)NCCN(C)Cc3ccccc3)ccc2Sc2ccc(Cl)cc21. The Balaban J connectivity index is 1.40. The summed E-state index contributed by atoms with van der Waals surface area (Å²) in [5.74, 6) is -0.0847. The van der Waals surface area contributed by atoms with Gasteiger partial charge in [-0.2, -0.15) is 0 Å². The summed E-state index contributed by atoms with van der Waals surface area (Å²) >= 11 is 7.82. The van der Waals surface area contributed by atoms with Crippen molar-refractivity contribution in [2.45, 2.75) is 23.3 Å². The summed E-state index contributed by atoms with van der Waals surface area (Å²) in [5, 5.41) is 3.71. The van der Waals surface area contributed by atoms with Gasteiger partial charge in [0.1, 0.15) is 0 Å². The standard InChI is InChI=1S/C25H24ClN3OS/c1-17-21-15-20(26)9-11-23(21)31-24-10-8-19(14-22(24)28-17)25(30)27-12-13-29(2)16-18-6-4-3-5-7-18/h3-11,14-15H,12-13,16H2,1-2H3,(H,27,30). The molecule has 1 N–H and O–H groups in total. The number of nitrogens with zero attached hydrogens (tertiary/aromatic N) is 2. The number of benzene rings is 3. The van der Waals surface area contributed by atoms with Crippen molar-refractivity contribution in [2.75, 3.05) is 20.1 Å². The fourth-order valence-corrected chi connectivity index (χ4v) is 4.71. The molecule has 0 saturated carbocycles. The van der Waals surface area contributed by atoms with Crippen LogP contribution in [0.1, 0.15) is 28.4 Å². The Kier molecular flexibility index (Phi) is 6.76. The quantitative estimate of drug-likeness (QED) is 0.516. The number of fused-ring (bicyclic) bond motifs is 2. The van der Waals surface area contributed by atoms with Gasteiger partial charge in [0.2, 0.25) is 0 Å². The van der Waals surface area contributed by atoms with Gasteiger partial charge in [0.15, 0.2) is 0 Å². The second-order valence-corrected chi connectivity index (χ2v) is 9.12. The first-order chi connectivity index (χ1) is 15.0. The van der Waals surface area contributed by atoms with E-state index >= 15 is 0 Å². The molecule has 1 amide bonds. The Bertz CT molecular complexity index is 1130. The van der Waals surface area contributed by atoms with Crippen LogP contribution in [0.25, 0.3) is 0 Å². The van der Waals surface area contributed by atoms with Crippen LogP contribution in [0, 0.1) is 0 Å². The molecule has 1 heterocycles. The number of nitrogens with one attached hydrogen (secondary N) is 1. The molecular formula is C25H24ClN3OS. The molecule has 4 rings (SSSR count). The van der Waals surface area contributed by atoms with E-state index in [1.165, 1.54) is 5.56 Å². The summed E-state index contributed by atoms with van der Waals surface area (Å²) in [7, 11) is 2.06. The first-order valence-corrected chi connectivity index (χ1v) is 11.4. The maximum Gasteiger partial charge on any atom is 0.251 e. The molecule has 0 radical (unpaired) electrons. The highest BCUT2D eigenvalue weighted by Gasteiger charge is 2.17. The lowest BCUT2D eigenvalue weighted by Crippen LogP contribution is -2.32. The fraction of sp³-hybridized carbons (Fsp3) is 0.200. The minimum Gasteiger partial charge on any atom is -0.351 e. The Morgan fingerprint density at radius 3 is 2.65 bits per heavy atom. The van der Waals surface area contributed by atoms with Crippen molar-refractivity contribution in [3.8, 4) is 0 Å². The fourth-order valence-electron chi connectivity index (χ4n) is 3.50. The predicted octanol–water partition coefficient (Wildman–Crippen LogP) is 5.81. The molecular weight excluding hydrogens is 426 g/mol. The van der Waals surface area contributed by atoms with Crippen LogP contribution in [-0.2, 0) is 6.54 Å². The van der Waals surface area contributed by atoms with E-state index in [-0.39, 0.29) is 5.91 Å². The largest absolute Gasteiger partial charge is 0.351 e. The van der Waals surface area contributed by atoms with Gasteiger partial charge in [-0.05, 0) is 55.9 Å². The third kappa shape index (κ3) is 5.37. The molecule has 1 aliphatic rings. The van der Waals surface area contributed by atoms with Crippen LogP contribution in [0.4, 0.5) is 5.69 Å². The van der Waals surface area contributed by atoms with Gasteiger partial charge in [-0.3, -0.25) is 9.79 Å². The summed E-state index contributed by atoms with van der Waals surface area (Å²) in [6.45, 7) is 4.18. The van der Waals surface area contributed by atoms with Gasteiger partial charge in [0, 0.05) is 51.3 Å². The molecule has 0 spiro atoms. The number of likely N-dealkylation sites (N-methyl/N-ethyl adjacent to an activating group) is 1. The number of rotatable bonds is 6. The Labute approximate surface area is 192 Å². The molecule has 0 atom stereocenters. The zero-order valence-electron chi connectivity index (χ0n) is 17.6. The Morgan fingerprint density at radius 2 is 1.84 bits per heavy atom. The normalized spacial score (nSPS) is 12.6. The number of halogens is 1. The van der Waals surface area contributed by atoms with Crippen molar-refractivity contribution in [1.29, 1.82) is 0 Å². The minimum absolute atomic E-state index is 0.0847. The second-order valence-electron chi connectivity index (χ2n) is 7.60. The first-order valence-electron chi connectivity index (χ1n) is 10.2. The minimum atomic E-state index is -0.0847. The smallest absolute Gasteiger partial charge is 0.251 e. The van der Waals surface area contributed by atoms with Crippen LogP contribution in [0.2, 0.25) is 5.02 Å². The molecule has 0 aromatic heterocycles. The van der Waals surface area contributed by atoms with Crippen LogP contribution in [0.5, 0.6) is 0 Å². The van der Waals surface area contributed by atoms with Crippen molar-refractivity contribution in [2.24, 2.45) is 4.99 Å². The molecule has 0 aliphatic carbocycles. The molecule has 31 heavy (non-hydrogen) atoms. The van der Waals surface area contributed by atoms with Gasteiger partial charge in [0.05, 0.1) is 5.69 Å². The van der Waals surface area contributed by atoms with Gasteiger partial charge in [-0.15, -0.1) is 0 Å². The van der Waals surface area contributed by atoms with Crippen molar-refractivity contribution < 1.29 is 4.79 Å². The highest BCUT2D eigenvalue weighted by molar-refractivity contribution is 7.99. The molecule has 0 saturated heterocycles. The topological polar surface area (TPSA) is 44.7 Å². The van der Waals surface area contributed by atoms with E-state index in [4.69, 9.17) is 16.6 Å². The van der Waals surface area contributed by atoms with Gasteiger partial charge in [0.25, 0.3) is 5.91 Å². The summed E-state index contributed by atoms with van der Waals surface area (Å²) in [4.78, 5) is 21.8. The lowest BCUT2D eigenvalue weighted by Gasteiger charge is -2.17. The molecule has 6 heteroatoms. The number of aliphatic imine (C=N–C) groups is 1. The van der Waals surface area contributed by atoms with E-state index in [9.17, 15) is 4.79 Å². The van der Waals surface area contributed by atoms with E-state index in [0.717, 1.165) is 39.8 Å². The molecule has 3 aromatic carbocycles. The number of amides is 1. The number of carbonyl (C=O) groups excluding carboxylic acids is 1. The van der Waals surface area contributed by atoms with Crippen molar-refractivity contribution in [3.05, 3.63) is 88.4 Å². The lowest BCUT2D eigenvalue weighted by atomic mass is 10.1. The number of hydrogen-bond acceptors (Lipinski definition) is 4. The van der Waals surface area contributed by atoms with Gasteiger partial charge in [-0.25, -0.2) is 0 Å². The third-order valence-corrected chi connectivity index (χ3v) is 6.51. The first kappa shape index (κ1) is 21.6. The number of carbonyl (C=O) groups is 1. The molecule has 4 nitrogen and oxygen atoms in total. The summed E-state index contributed by atoms with van der Waals surface area (Å²) in [6.07, 6.45) is 0. The summed E-state index contributed by atoms with van der Waals surface area (Å²) in [5.41, 5.74) is 4.61. The monoisotopic (exact) mass is 449 g/mol. The molecule has 158 valence electrons. The molecule has 0 bridgehead atoms. The van der Waals surface area contributed by atoms with E-state index in [2.05, 4.69) is 29.4 Å². The van der Waals surface area contributed by atoms with Gasteiger partial charge in [-0.1, -0.05) is 53.7 Å². The van der Waals surface area contributed by atoms with Gasteiger partial charge < -0.3 is 10.2 Å². The lowest BCUT2D eigenvalue weighted by molar-refractivity contribution is 0.0949. The van der Waals surface area contributed by atoms with Crippen molar-refractivity contribution >= 4 is 40.7 Å². The average molecular weight is 450 g/mol. The highest BCUT2D eigenvalue weighted by Crippen LogP contribution is 2.41. The van der Waals surface area contributed by atoms with E-state index < -0.39 is 0 Å². The number of hydrogen-bond donors (Lipinski definition) is 1. The predicted molar refractivity (Wildman–Crippen MR) is 129 cm³/mol. The van der Waals surface area contributed by atoms with Crippen molar-refractivity contribution in [1.82, 2.24) is 10.2 Å². The molecule has 3 aromatic rings. The summed E-state index contributed by atoms with van der Waals surface area (Å²) in [6, 6.07) is 21.9. The second kappa shape index (κ2) is 9.69. The van der Waals surface area contributed by atoms with Crippen LogP contribution in [0.15, 0.2) is 81.5 Å². The maximum absolute atomic E-state index is 12.7. The highest BCUT2D eigenvalue weighted by atomic mass is 35.5. The molecule has 1 aliphatic heterocycles. The van der Waals surface area contributed by atoms with Crippen molar-refractivity contribution in [3.63, 3.8) is 0 Å². The van der Waals surface area contributed by atoms with Crippen LogP contribution in [-0.4, -0.2) is 36.7 Å². The van der Waals surface area contributed by atoms with Crippen LogP contribution in [0.3, 0.4) is 0 Å². The Morgan fingerprint density at radius 1 is 1.06 bits per heavy atom. The molecule has 0 fully saturated rings. The van der Waals surface area contributed by atoms with Gasteiger partial charge >= 0.3 is 0 Å². The Hall–Kier alpha value is -2.60. The average Bonchev–Trinajstić information content (AvgIpc) is 2.89. The van der Waals surface area contributed by atoms with Crippen LogP contribution >= 0.6 is 23.4 Å². The maximum atomic E-state index is 12.7. The molecule has 0 unspecified atom stereocenters. The van der Waals surface area contributed by atoms with E-state index in [1.807, 2.05) is 61.5 Å². The zero-order chi connectivity index (χ0) is 21.8. The summed E-state index contributed by atoms with van der Waals surface area (Å²) < 4.78 is 0. The van der Waals surface area contributed by atoms with E-state index in [1.54, 1.807) is 11.8 Å². The zero-order valence-corrected chi connectivity index (χ0v) is 19.1. The van der Waals surface area contributed by atoms with Crippen LogP contribution < -0.4 is 5.32 Å².